The van der Waals surface area contributed by atoms with E-state index in [0.717, 1.165) is 24.2 Å². The highest BCUT2D eigenvalue weighted by Crippen LogP contribution is 2.63. The van der Waals surface area contributed by atoms with Gasteiger partial charge in [0, 0.05) is 44.9 Å². The Morgan fingerprint density at radius 1 is 0.517 bits per heavy atom. The zero-order valence-corrected chi connectivity index (χ0v) is 34.1. The maximum Gasteiger partial charge on any atom is 0.0541 e. The van der Waals surface area contributed by atoms with E-state index in [1.165, 1.54) is 77.7 Å². The van der Waals surface area contributed by atoms with E-state index in [0.29, 0.717) is 5.92 Å². The SMILES string of the molecule is CC1(C)c2ccccc2-c2ccc(N(c3cccc(-n4c5ccccc5c5ccccc54)c3)c3cccc4c3C3CCC=CC3C4(c3ccccc3)c3ccccc3)cc21. The van der Waals surface area contributed by atoms with Crippen molar-refractivity contribution in [2.75, 3.05) is 4.90 Å². The lowest BCUT2D eigenvalue weighted by Crippen LogP contribution is -2.35. The lowest BCUT2D eigenvalue weighted by atomic mass is 9.62. The summed E-state index contributed by atoms with van der Waals surface area (Å²) in [7, 11) is 0. The molecule has 9 aromatic rings. The van der Waals surface area contributed by atoms with E-state index in [1.807, 2.05) is 0 Å². The summed E-state index contributed by atoms with van der Waals surface area (Å²) < 4.78 is 2.45. The lowest BCUT2D eigenvalue weighted by Gasteiger charge is -2.39. The fraction of sp³-hybridized carbons (Fsp3) is 0.138. The second-order valence-corrected chi connectivity index (χ2v) is 17.5. The molecule has 1 aromatic heterocycles. The summed E-state index contributed by atoms with van der Waals surface area (Å²) in [5.41, 5.74) is 17.7. The first-order valence-corrected chi connectivity index (χ1v) is 21.6. The molecule has 2 atom stereocenters. The number of anilines is 3. The van der Waals surface area contributed by atoms with E-state index in [1.54, 1.807) is 0 Å². The predicted molar refractivity (Wildman–Crippen MR) is 250 cm³/mol. The Morgan fingerprint density at radius 2 is 1.12 bits per heavy atom. The molecule has 60 heavy (non-hydrogen) atoms. The van der Waals surface area contributed by atoms with Gasteiger partial charge in [-0.2, -0.15) is 0 Å². The highest BCUT2D eigenvalue weighted by Gasteiger charge is 2.54. The van der Waals surface area contributed by atoms with Crippen molar-refractivity contribution < 1.29 is 0 Å². The summed E-state index contributed by atoms with van der Waals surface area (Å²) in [5, 5.41) is 2.54. The van der Waals surface area contributed by atoms with Crippen molar-refractivity contribution in [3.63, 3.8) is 0 Å². The van der Waals surface area contributed by atoms with Crippen molar-refractivity contribution in [2.24, 2.45) is 5.92 Å². The predicted octanol–water partition coefficient (Wildman–Crippen LogP) is 15.0. The van der Waals surface area contributed by atoms with Crippen LogP contribution in [-0.2, 0) is 10.8 Å². The Balaban J connectivity index is 1.14. The maximum atomic E-state index is 2.59. The van der Waals surface area contributed by atoms with Crippen LogP contribution in [0.25, 0.3) is 38.6 Å². The minimum absolute atomic E-state index is 0.133. The molecule has 0 N–H and O–H groups in total. The number of hydrogen-bond donors (Lipinski definition) is 0. The summed E-state index contributed by atoms with van der Waals surface area (Å²) in [6.45, 7) is 4.78. The Morgan fingerprint density at radius 3 is 1.85 bits per heavy atom. The van der Waals surface area contributed by atoms with Gasteiger partial charge in [0.2, 0.25) is 0 Å². The van der Waals surface area contributed by atoms with Gasteiger partial charge in [-0.15, -0.1) is 0 Å². The Hall–Kier alpha value is -6.90. The van der Waals surface area contributed by atoms with E-state index >= 15 is 0 Å². The molecule has 0 saturated heterocycles. The van der Waals surface area contributed by atoms with Crippen LogP contribution >= 0.6 is 0 Å². The third kappa shape index (κ3) is 4.88. The van der Waals surface area contributed by atoms with Crippen molar-refractivity contribution >= 4 is 38.9 Å². The van der Waals surface area contributed by atoms with Crippen molar-refractivity contribution in [3.8, 4) is 16.8 Å². The van der Waals surface area contributed by atoms with E-state index in [4.69, 9.17) is 0 Å². The van der Waals surface area contributed by atoms with Crippen molar-refractivity contribution in [1.29, 1.82) is 0 Å². The van der Waals surface area contributed by atoms with Crippen molar-refractivity contribution in [2.45, 2.75) is 43.4 Å². The number of fused-ring (bicyclic) bond motifs is 9. The number of rotatable bonds is 6. The van der Waals surface area contributed by atoms with Crippen LogP contribution in [0.3, 0.4) is 0 Å². The largest absolute Gasteiger partial charge is 0.310 e. The quantitative estimate of drug-likeness (QED) is 0.153. The number of nitrogens with zero attached hydrogens (tertiary/aromatic N) is 2. The smallest absolute Gasteiger partial charge is 0.0541 e. The number of benzene rings is 8. The summed E-state index contributed by atoms with van der Waals surface area (Å²) >= 11 is 0. The van der Waals surface area contributed by atoms with Crippen molar-refractivity contribution in [3.05, 3.63) is 240 Å². The molecule has 0 amide bonds. The Labute approximate surface area is 352 Å². The van der Waals surface area contributed by atoms with Crippen LogP contribution in [0, 0.1) is 5.92 Å². The molecule has 0 fully saturated rings. The van der Waals surface area contributed by atoms with Crippen molar-refractivity contribution in [1.82, 2.24) is 4.57 Å². The lowest BCUT2D eigenvalue weighted by molar-refractivity contribution is 0.393. The molecule has 12 rings (SSSR count). The van der Waals surface area contributed by atoms with Crippen LogP contribution in [0.5, 0.6) is 0 Å². The molecule has 1 heterocycles. The molecular weight excluding hydrogens is 725 g/mol. The van der Waals surface area contributed by atoms with Gasteiger partial charge < -0.3 is 9.47 Å². The van der Waals surface area contributed by atoms with E-state index in [2.05, 4.69) is 230 Å². The van der Waals surface area contributed by atoms with Crippen LogP contribution in [0.1, 0.15) is 66.0 Å². The summed E-state index contributed by atoms with van der Waals surface area (Å²) in [6.07, 6.45) is 7.18. The number of allylic oxidation sites excluding steroid dienone is 2. The first kappa shape index (κ1) is 35.1. The van der Waals surface area contributed by atoms with Crippen LogP contribution in [-0.4, -0.2) is 4.57 Å². The number of hydrogen-bond acceptors (Lipinski definition) is 1. The third-order valence-corrected chi connectivity index (χ3v) is 14.3. The molecule has 0 aliphatic heterocycles. The first-order chi connectivity index (χ1) is 29.5. The molecule has 8 aromatic carbocycles. The van der Waals surface area contributed by atoms with E-state index in [9.17, 15) is 0 Å². The summed E-state index contributed by atoms with van der Waals surface area (Å²) in [4.78, 5) is 2.59. The van der Waals surface area contributed by atoms with Gasteiger partial charge in [0.25, 0.3) is 0 Å². The zero-order valence-electron chi connectivity index (χ0n) is 34.1. The number of para-hydroxylation sites is 2. The fourth-order valence-corrected chi connectivity index (χ4v) is 11.8. The molecule has 2 heteroatoms. The van der Waals surface area contributed by atoms with Gasteiger partial charge in [0.15, 0.2) is 0 Å². The molecular formula is C58H46N2. The second kappa shape index (κ2) is 13.3. The minimum atomic E-state index is -0.340. The third-order valence-electron chi connectivity index (χ3n) is 14.3. The Kier molecular flexibility index (Phi) is 7.78. The van der Waals surface area contributed by atoms with E-state index in [-0.39, 0.29) is 16.7 Å². The van der Waals surface area contributed by atoms with Gasteiger partial charge in [-0.05, 0) is 112 Å². The van der Waals surface area contributed by atoms with Gasteiger partial charge in [-0.1, -0.05) is 172 Å². The van der Waals surface area contributed by atoms with Crippen LogP contribution in [0.2, 0.25) is 0 Å². The van der Waals surface area contributed by atoms with E-state index < -0.39 is 0 Å². The highest BCUT2D eigenvalue weighted by molar-refractivity contribution is 6.09. The van der Waals surface area contributed by atoms with Gasteiger partial charge in [-0.25, -0.2) is 0 Å². The fourth-order valence-electron chi connectivity index (χ4n) is 11.8. The maximum absolute atomic E-state index is 2.59. The molecule has 0 bridgehead atoms. The molecule has 0 spiro atoms. The standard InChI is InChI=1S/C58H46N2/c1-57(2)49-29-13-9-25-44(49)45-36-35-43(38-52(45)57)59(41-23-17-24-42(37-41)60-53-32-15-11-26-46(53)47-27-12-16-33-54(47)60)55-34-18-31-51-56(55)48-28-10-14-30-50(48)58(51,39-19-5-3-6-20-39)40-21-7-4-8-22-40/h3-9,11-27,29-38,48,50H,10,28H2,1-2H3. The highest BCUT2D eigenvalue weighted by atomic mass is 15.1. The average Bonchev–Trinajstić information content (AvgIpc) is 3.89. The van der Waals surface area contributed by atoms with Gasteiger partial charge >= 0.3 is 0 Å². The first-order valence-electron chi connectivity index (χ1n) is 21.6. The summed E-state index contributed by atoms with van der Waals surface area (Å²) in [6, 6.07) is 73.0. The summed E-state index contributed by atoms with van der Waals surface area (Å²) in [5.74, 6) is 0.603. The topological polar surface area (TPSA) is 8.17 Å². The normalized spacial score (nSPS) is 17.9. The zero-order chi connectivity index (χ0) is 40.0. The molecule has 3 aliphatic carbocycles. The van der Waals surface area contributed by atoms with Crippen LogP contribution in [0.15, 0.2) is 206 Å². The molecule has 3 aliphatic rings. The van der Waals surface area contributed by atoms with Crippen LogP contribution < -0.4 is 4.90 Å². The molecule has 0 saturated carbocycles. The van der Waals surface area contributed by atoms with Crippen LogP contribution in [0.4, 0.5) is 17.1 Å². The number of aromatic nitrogens is 1. The molecule has 288 valence electrons. The Bertz CT molecular complexity index is 3060. The second-order valence-electron chi connectivity index (χ2n) is 17.5. The molecule has 0 radical (unpaired) electrons. The average molecular weight is 771 g/mol. The molecule has 2 nitrogen and oxygen atoms in total. The molecule has 2 unspecified atom stereocenters. The minimum Gasteiger partial charge on any atom is -0.310 e. The van der Waals surface area contributed by atoms with Gasteiger partial charge in [0.1, 0.15) is 0 Å². The van der Waals surface area contributed by atoms with Gasteiger partial charge in [0.05, 0.1) is 16.4 Å². The van der Waals surface area contributed by atoms with Gasteiger partial charge in [-0.3, -0.25) is 0 Å². The monoisotopic (exact) mass is 770 g/mol.